The number of fused-ring (bicyclic) bond motifs is 13. The topological polar surface area (TPSA) is 35.9 Å². The van der Waals surface area contributed by atoms with Crippen molar-refractivity contribution in [1.82, 2.24) is 14.1 Å². The van der Waals surface area contributed by atoms with Crippen molar-refractivity contribution < 1.29 is 4.42 Å². The van der Waals surface area contributed by atoms with Gasteiger partial charge in [0.05, 0.1) is 27.8 Å². The Morgan fingerprint density at radius 3 is 1.84 bits per heavy atom. The monoisotopic (exact) mass is 757 g/mol. The van der Waals surface area contributed by atoms with E-state index < -0.39 is 7.53 Å². The zero-order valence-electron chi connectivity index (χ0n) is 31.2. The van der Waals surface area contributed by atoms with Crippen LogP contribution in [0.4, 0.5) is 0 Å². The summed E-state index contributed by atoms with van der Waals surface area (Å²) in [5.41, 5.74) is 9.59. The Hall–Kier alpha value is -7.39. The molecule has 0 radical (unpaired) electrons. The molecule has 1 atom stereocenters. The molecular formula is C53H32N3OP. The minimum Gasteiger partial charge on any atom is -0.456 e. The lowest BCUT2D eigenvalue weighted by Gasteiger charge is -2.10. The van der Waals surface area contributed by atoms with E-state index in [0.29, 0.717) is 0 Å². The third-order valence-corrected chi connectivity index (χ3v) is 14.6. The van der Waals surface area contributed by atoms with Gasteiger partial charge in [-0.1, -0.05) is 129 Å². The Balaban J connectivity index is 1.02. The number of aromatic nitrogens is 3. The Morgan fingerprint density at radius 2 is 1.03 bits per heavy atom. The van der Waals surface area contributed by atoms with Gasteiger partial charge >= 0.3 is 0 Å². The number of benzene rings is 8. The number of para-hydroxylation sites is 3. The van der Waals surface area contributed by atoms with E-state index in [-0.39, 0.29) is 0 Å². The molecule has 5 heterocycles. The summed E-state index contributed by atoms with van der Waals surface area (Å²) in [5, 5.41) is 14.0. The van der Waals surface area contributed by atoms with E-state index in [2.05, 4.69) is 191 Å². The molecule has 0 saturated carbocycles. The highest BCUT2D eigenvalue weighted by Gasteiger charge is 2.22. The number of hydrogen-bond donors (Lipinski definition) is 0. The Labute approximate surface area is 333 Å². The maximum absolute atomic E-state index is 6.22. The van der Waals surface area contributed by atoms with E-state index >= 15 is 0 Å². The van der Waals surface area contributed by atoms with Crippen molar-refractivity contribution in [1.29, 1.82) is 0 Å². The lowest BCUT2D eigenvalue weighted by atomic mass is 10.1. The van der Waals surface area contributed by atoms with Gasteiger partial charge in [0.2, 0.25) is 0 Å². The summed E-state index contributed by atoms with van der Waals surface area (Å²) in [6, 6.07) is 70.3. The minimum absolute atomic E-state index is 0.613. The molecular weight excluding hydrogens is 726 g/mol. The van der Waals surface area contributed by atoms with Crippen LogP contribution in [0.25, 0.3) is 115 Å². The third kappa shape index (κ3) is 4.44. The average Bonchev–Trinajstić information content (AvgIpc) is 4.02. The number of pyridine rings is 1. The Morgan fingerprint density at radius 1 is 0.397 bits per heavy atom. The highest BCUT2D eigenvalue weighted by atomic mass is 31.1. The summed E-state index contributed by atoms with van der Waals surface area (Å²) < 4.78 is 11.0. The van der Waals surface area contributed by atoms with E-state index in [1.165, 1.54) is 58.9 Å². The van der Waals surface area contributed by atoms with Crippen molar-refractivity contribution in [3.63, 3.8) is 0 Å². The molecule has 270 valence electrons. The van der Waals surface area contributed by atoms with Gasteiger partial charge in [-0.15, -0.1) is 0 Å². The molecule has 0 aliphatic carbocycles. The number of rotatable bonds is 4. The molecule has 5 aromatic heterocycles. The normalized spacial score (nSPS) is 12.4. The fourth-order valence-electron chi connectivity index (χ4n) is 9.59. The van der Waals surface area contributed by atoms with Gasteiger partial charge in [0.25, 0.3) is 0 Å². The van der Waals surface area contributed by atoms with Crippen molar-refractivity contribution in [2.24, 2.45) is 0 Å². The third-order valence-electron chi connectivity index (χ3n) is 12.0. The maximum atomic E-state index is 6.22. The minimum atomic E-state index is -0.613. The molecule has 5 heteroatoms. The van der Waals surface area contributed by atoms with E-state index in [1.54, 1.807) is 0 Å². The fraction of sp³-hybridized carbons (Fsp3) is 0. The molecule has 4 nitrogen and oxygen atoms in total. The first-order valence-electron chi connectivity index (χ1n) is 19.7. The van der Waals surface area contributed by atoms with Crippen LogP contribution in [0, 0.1) is 0 Å². The van der Waals surface area contributed by atoms with Crippen molar-refractivity contribution in [2.75, 3.05) is 0 Å². The zero-order valence-corrected chi connectivity index (χ0v) is 32.1. The highest BCUT2D eigenvalue weighted by Crippen LogP contribution is 2.55. The molecule has 13 rings (SSSR count). The lowest BCUT2D eigenvalue weighted by molar-refractivity contribution is 0.669. The van der Waals surface area contributed by atoms with Crippen LogP contribution in [0.1, 0.15) is 0 Å². The lowest BCUT2D eigenvalue weighted by Crippen LogP contribution is -1.98. The largest absolute Gasteiger partial charge is 0.456 e. The van der Waals surface area contributed by atoms with Crippen LogP contribution in [0.15, 0.2) is 199 Å². The van der Waals surface area contributed by atoms with E-state index in [0.717, 1.165) is 55.7 Å². The van der Waals surface area contributed by atoms with Gasteiger partial charge in [0.15, 0.2) is 0 Å². The van der Waals surface area contributed by atoms with Gasteiger partial charge in [-0.05, 0) is 88.9 Å². The van der Waals surface area contributed by atoms with E-state index in [9.17, 15) is 0 Å². The summed E-state index contributed by atoms with van der Waals surface area (Å²) in [4.78, 5) is 5.44. The Bertz CT molecular complexity index is 3810. The van der Waals surface area contributed by atoms with Gasteiger partial charge < -0.3 is 8.98 Å². The van der Waals surface area contributed by atoms with Crippen LogP contribution in [0.5, 0.6) is 0 Å². The van der Waals surface area contributed by atoms with Crippen LogP contribution in [-0.2, 0) is 0 Å². The highest BCUT2D eigenvalue weighted by molar-refractivity contribution is 7.67. The van der Waals surface area contributed by atoms with E-state index in [4.69, 9.17) is 9.40 Å². The maximum Gasteiger partial charge on any atom is 0.138 e. The number of nitrogens with zero attached hydrogens (tertiary/aromatic N) is 3. The second kappa shape index (κ2) is 12.1. The molecule has 0 aliphatic heterocycles. The molecule has 0 saturated heterocycles. The van der Waals surface area contributed by atoms with Crippen LogP contribution in [-0.4, -0.2) is 14.1 Å². The summed E-state index contributed by atoms with van der Waals surface area (Å²) in [6.45, 7) is 0. The van der Waals surface area contributed by atoms with Gasteiger partial charge in [0, 0.05) is 53.8 Å². The summed E-state index contributed by atoms with van der Waals surface area (Å²) in [7, 11) is -0.613. The molecule has 0 aliphatic rings. The second-order valence-electron chi connectivity index (χ2n) is 15.1. The molecule has 8 aromatic carbocycles. The fourth-order valence-corrected chi connectivity index (χ4v) is 12.2. The Kier molecular flexibility index (Phi) is 6.60. The van der Waals surface area contributed by atoms with Crippen molar-refractivity contribution >= 4 is 94.1 Å². The SMILES string of the molecule is c1ccc(-p2c3ccccc3c3cc(-c4cccc(-n5c6ccccc6c6c7c8ccccc8n(-c8ccc9oc%10ccccc%10c9c8)c7ccc65)n4)ccc32)cc1. The molecule has 0 amide bonds. The van der Waals surface area contributed by atoms with Crippen molar-refractivity contribution in [3.8, 4) is 28.1 Å². The van der Waals surface area contributed by atoms with Gasteiger partial charge in [-0.2, -0.15) is 0 Å². The summed E-state index contributed by atoms with van der Waals surface area (Å²) >= 11 is 0. The van der Waals surface area contributed by atoms with Gasteiger partial charge in [-0.3, -0.25) is 4.57 Å². The predicted octanol–water partition coefficient (Wildman–Crippen LogP) is 15.1. The van der Waals surface area contributed by atoms with E-state index in [1.807, 2.05) is 12.1 Å². The first-order valence-corrected chi connectivity index (χ1v) is 21.1. The van der Waals surface area contributed by atoms with Crippen LogP contribution >= 0.6 is 7.53 Å². The van der Waals surface area contributed by atoms with Crippen molar-refractivity contribution in [3.05, 3.63) is 194 Å². The zero-order chi connectivity index (χ0) is 37.9. The quantitative estimate of drug-likeness (QED) is 0.179. The first kappa shape index (κ1) is 31.8. The second-order valence-corrected chi connectivity index (χ2v) is 17.3. The van der Waals surface area contributed by atoms with Crippen LogP contribution in [0.3, 0.4) is 0 Å². The van der Waals surface area contributed by atoms with Crippen LogP contribution in [0.2, 0.25) is 0 Å². The molecule has 13 aromatic rings. The molecule has 1 unspecified atom stereocenters. The molecule has 0 fully saturated rings. The standard InChI is InChI=1S/C53H32N3OP/c1-2-13-35(14-3-1)58-49-23-11-7-16-37(49)41-31-33(25-30-50(41)58)42-19-12-24-51(54-42)56-44-21-9-5-18-39(44)53-46(56)28-27-45-52(53)38-17-4-8-20-43(38)55(45)34-26-29-48-40(32-34)36-15-6-10-22-47(36)57-48/h1-32H. The summed E-state index contributed by atoms with van der Waals surface area (Å²) in [5.74, 6) is 0.900. The molecule has 0 bridgehead atoms. The number of furan rings is 1. The summed E-state index contributed by atoms with van der Waals surface area (Å²) in [6.07, 6.45) is 0. The average molecular weight is 758 g/mol. The number of hydrogen-bond acceptors (Lipinski definition) is 2. The van der Waals surface area contributed by atoms with Crippen LogP contribution < -0.4 is 0 Å². The smallest absolute Gasteiger partial charge is 0.138 e. The first-order chi connectivity index (χ1) is 28.8. The van der Waals surface area contributed by atoms with Crippen molar-refractivity contribution in [2.45, 2.75) is 0 Å². The molecule has 58 heavy (non-hydrogen) atoms. The molecule has 0 N–H and O–H groups in total. The van der Waals surface area contributed by atoms with Gasteiger partial charge in [0.1, 0.15) is 17.0 Å². The predicted molar refractivity (Wildman–Crippen MR) is 245 cm³/mol. The molecule has 0 spiro atoms. The van der Waals surface area contributed by atoms with Gasteiger partial charge in [-0.25, -0.2) is 4.98 Å².